The van der Waals surface area contributed by atoms with Gasteiger partial charge in [0.1, 0.15) is 0 Å². The molecule has 0 aliphatic rings. The second-order valence-electron chi connectivity index (χ2n) is 12.6. The third-order valence-electron chi connectivity index (χ3n) is 7.99. The van der Waals surface area contributed by atoms with E-state index in [1.54, 1.807) is 0 Å². The van der Waals surface area contributed by atoms with Gasteiger partial charge in [0.25, 0.3) is 0 Å². The first-order valence-corrected chi connectivity index (χ1v) is 19.1. The molecule has 5 nitrogen and oxygen atoms in total. The molecule has 0 radical (unpaired) electrons. The summed E-state index contributed by atoms with van der Waals surface area (Å²) in [5, 5.41) is 17.0. The summed E-state index contributed by atoms with van der Waals surface area (Å²) in [6.07, 6.45) is 40.4. The molecule has 0 spiro atoms. The number of carboxylic acid groups (broad SMARTS) is 2. The highest BCUT2D eigenvalue weighted by atomic mass is 16.4. The Morgan fingerprint density at radius 3 is 0.628 bits per heavy atom. The molecule has 0 amide bonds. The van der Waals surface area contributed by atoms with Crippen molar-refractivity contribution in [2.24, 2.45) is 5.73 Å². The molecule has 0 aliphatic carbocycles. The van der Waals surface area contributed by atoms with Gasteiger partial charge in [-0.1, -0.05) is 201 Å². The predicted molar refractivity (Wildman–Crippen MR) is 189 cm³/mol. The number of nitrogens with two attached hydrogens (primary N) is 1. The summed E-state index contributed by atoms with van der Waals surface area (Å²) in [6.45, 7) is 7.19. The van der Waals surface area contributed by atoms with Crippen molar-refractivity contribution in [3.05, 3.63) is 0 Å². The zero-order chi connectivity index (χ0) is 32.5. The molecule has 4 N–H and O–H groups in total. The molecule has 0 fully saturated rings. The average molecular weight is 614 g/mol. The van der Waals surface area contributed by atoms with E-state index in [9.17, 15) is 9.59 Å². The second-order valence-corrected chi connectivity index (χ2v) is 12.6. The maximum Gasteiger partial charge on any atom is 0.303 e. The molecule has 0 unspecified atom stereocenters. The fraction of sp³-hybridized carbons (Fsp3) is 0.947. The molecular weight excluding hydrogens is 534 g/mol. The maximum absolute atomic E-state index is 10.3. The van der Waals surface area contributed by atoms with Crippen molar-refractivity contribution in [1.29, 1.82) is 0 Å². The molecule has 0 atom stereocenters. The lowest BCUT2D eigenvalue weighted by Gasteiger charge is -2.03. The number of carbonyl (C=O) groups is 2. The lowest BCUT2D eigenvalue weighted by Crippen LogP contribution is -1.93. The van der Waals surface area contributed by atoms with E-state index in [-0.39, 0.29) is 0 Å². The van der Waals surface area contributed by atoms with E-state index in [2.05, 4.69) is 13.8 Å². The lowest BCUT2D eigenvalue weighted by molar-refractivity contribution is -0.138. The van der Waals surface area contributed by atoms with Crippen LogP contribution in [0.25, 0.3) is 0 Å². The van der Waals surface area contributed by atoms with E-state index in [0.29, 0.717) is 12.8 Å². The molecule has 260 valence electrons. The first kappa shape index (κ1) is 46.3. The quantitative estimate of drug-likeness (QED) is 0.0655. The van der Waals surface area contributed by atoms with Crippen LogP contribution >= 0.6 is 0 Å². The first-order chi connectivity index (χ1) is 21.0. The standard InChI is InChI=1S/2C18H36O2.C2H7N/c2*1-2-3-4-5-6-7-8-9-10-11-12-13-14-15-16-17-18(19)20;1-2-3/h2*2-17H2,1H3,(H,19,20);2-3H2,1H3. The predicted octanol–water partition coefficient (Wildman–Crippen LogP) is 12.6. The molecule has 5 heteroatoms. The van der Waals surface area contributed by atoms with Crippen LogP contribution in [-0.4, -0.2) is 28.7 Å². The van der Waals surface area contributed by atoms with E-state index in [4.69, 9.17) is 15.9 Å². The molecule has 0 aromatic rings. The second kappa shape index (κ2) is 45.3. The Morgan fingerprint density at radius 2 is 0.488 bits per heavy atom. The van der Waals surface area contributed by atoms with Gasteiger partial charge < -0.3 is 15.9 Å². The third-order valence-corrected chi connectivity index (χ3v) is 7.99. The Morgan fingerprint density at radius 1 is 0.349 bits per heavy atom. The molecule has 0 aromatic heterocycles. The summed E-state index contributed by atoms with van der Waals surface area (Å²) in [4.78, 5) is 20.7. The largest absolute Gasteiger partial charge is 0.481 e. The first-order valence-electron chi connectivity index (χ1n) is 19.1. The summed E-state index contributed by atoms with van der Waals surface area (Å²) >= 11 is 0. The van der Waals surface area contributed by atoms with Gasteiger partial charge in [0, 0.05) is 12.8 Å². The maximum atomic E-state index is 10.3. The van der Waals surface area contributed by atoms with Crippen molar-refractivity contribution < 1.29 is 19.8 Å². The third kappa shape index (κ3) is 57.2. The average Bonchev–Trinajstić information content (AvgIpc) is 2.97. The van der Waals surface area contributed by atoms with Gasteiger partial charge in [-0.3, -0.25) is 9.59 Å². The number of rotatable bonds is 32. The van der Waals surface area contributed by atoms with Crippen LogP contribution in [0.15, 0.2) is 0 Å². The molecule has 0 aromatic carbocycles. The lowest BCUT2D eigenvalue weighted by atomic mass is 10.0. The molecule has 0 rings (SSSR count). The molecule has 0 bridgehead atoms. The molecule has 0 heterocycles. The van der Waals surface area contributed by atoms with Gasteiger partial charge in [0.2, 0.25) is 0 Å². The Bertz CT molecular complexity index is 468. The summed E-state index contributed by atoms with van der Waals surface area (Å²) in [6, 6.07) is 0. The number of hydrogen-bond donors (Lipinski definition) is 3. The highest BCUT2D eigenvalue weighted by molar-refractivity contribution is 5.66. The van der Waals surface area contributed by atoms with Crippen LogP contribution in [0, 0.1) is 0 Å². The number of aliphatic carboxylic acids is 2. The van der Waals surface area contributed by atoms with Crippen molar-refractivity contribution in [2.45, 2.75) is 226 Å². The minimum Gasteiger partial charge on any atom is -0.481 e. The summed E-state index contributed by atoms with van der Waals surface area (Å²) in [5.74, 6) is -1.31. The summed E-state index contributed by atoms with van der Waals surface area (Å²) in [5.41, 5.74) is 4.85. The van der Waals surface area contributed by atoms with E-state index in [1.165, 1.54) is 167 Å². The topological polar surface area (TPSA) is 101 Å². The van der Waals surface area contributed by atoms with Crippen LogP contribution in [0.5, 0.6) is 0 Å². The molecular formula is C38H79NO4. The van der Waals surface area contributed by atoms with Crippen LogP contribution in [0.1, 0.15) is 226 Å². The minimum atomic E-state index is -0.653. The van der Waals surface area contributed by atoms with Gasteiger partial charge in [-0.25, -0.2) is 0 Å². The van der Waals surface area contributed by atoms with Gasteiger partial charge in [-0.15, -0.1) is 0 Å². The minimum absolute atomic E-state index is 0.345. The van der Waals surface area contributed by atoms with E-state index in [0.717, 1.165) is 32.2 Å². The Labute approximate surface area is 270 Å². The van der Waals surface area contributed by atoms with E-state index < -0.39 is 11.9 Å². The summed E-state index contributed by atoms with van der Waals surface area (Å²) < 4.78 is 0. The number of carboxylic acids is 2. The highest BCUT2D eigenvalue weighted by Crippen LogP contribution is 2.15. The van der Waals surface area contributed by atoms with Crippen LogP contribution < -0.4 is 5.73 Å². The van der Waals surface area contributed by atoms with Gasteiger partial charge in [-0.2, -0.15) is 0 Å². The van der Waals surface area contributed by atoms with Crippen LogP contribution in [0.4, 0.5) is 0 Å². The monoisotopic (exact) mass is 614 g/mol. The smallest absolute Gasteiger partial charge is 0.303 e. The fourth-order valence-corrected chi connectivity index (χ4v) is 5.30. The normalized spacial score (nSPS) is 10.5. The molecule has 0 saturated carbocycles. The van der Waals surface area contributed by atoms with Crippen LogP contribution in [-0.2, 0) is 9.59 Å². The van der Waals surface area contributed by atoms with Crippen molar-refractivity contribution in [2.75, 3.05) is 6.54 Å². The number of unbranched alkanes of at least 4 members (excludes halogenated alkanes) is 28. The molecule has 0 aliphatic heterocycles. The Hall–Kier alpha value is -1.10. The molecule has 0 saturated heterocycles. The fourth-order valence-electron chi connectivity index (χ4n) is 5.30. The summed E-state index contributed by atoms with van der Waals surface area (Å²) in [7, 11) is 0. The van der Waals surface area contributed by atoms with Crippen molar-refractivity contribution in [3.63, 3.8) is 0 Å². The Balaban J connectivity index is -0.000000681. The van der Waals surface area contributed by atoms with E-state index in [1.807, 2.05) is 6.92 Å². The van der Waals surface area contributed by atoms with Crippen molar-refractivity contribution in [3.8, 4) is 0 Å². The Kier molecular flexibility index (Phi) is 48.8. The van der Waals surface area contributed by atoms with Crippen molar-refractivity contribution >= 4 is 11.9 Å². The molecule has 43 heavy (non-hydrogen) atoms. The van der Waals surface area contributed by atoms with Crippen LogP contribution in [0.2, 0.25) is 0 Å². The van der Waals surface area contributed by atoms with Crippen molar-refractivity contribution in [1.82, 2.24) is 0 Å². The van der Waals surface area contributed by atoms with Gasteiger partial charge in [0.15, 0.2) is 0 Å². The highest BCUT2D eigenvalue weighted by Gasteiger charge is 1.98. The van der Waals surface area contributed by atoms with Gasteiger partial charge >= 0.3 is 11.9 Å². The van der Waals surface area contributed by atoms with Gasteiger partial charge in [0.05, 0.1) is 0 Å². The van der Waals surface area contributed by atoms with E-state index >= 15 is 0 Å². The SMILES string of the molecule is CCCCCCCCCCCCCCCCCC(=O)O.CCCCCCCCCCCCCCCCCC(=O)O.CCN. The number of hydrogen-bond acceptors (Lipinski definition) is 3. The zero-order valence-corrected chi connectivity index (χ0v) is 29.6. The van der Waals surface area contributed by atoms with Crippen LogP contribution in [0.3, 0.4) is 0 Å². The zero-order valence-electron chi connectivity index (χ0n) is 29.6. The van der Waals surface area contributed by atoms with Gasteiger partial charge in [-0.05, 0) is 19.4 Å².